The van der Waals surface area contributed by atoms with Gasteiger partial charge in [0.2, 0.25) is 5.95 Å². The lowest BCUT2D eigenvalue weighted by atomic mass is 10.1. The van der Waals surface area contributed by atoms with Crippen LogP contribution in [0.4, 0.5) is 5.95 Å². The van der Waals surface area contributed by atoms with Crippen molar-refractivity contribution >= 4 is 21.9 Å². The predicted molar refractivity (Wildman–Crippen MR) is 70.2 cm³/mol. The fourth-order valence-corrected chi connectivity index (χ4v) is 2.57. The van der Waals surface area contributed by atoms with E-state index >= 15 is 0 Å². The Morgan fingerprint density at radius 3 is 2.88 bits per heavy atom. The Bertz CT molecular complexity index is 326. The van der Waals surface area contributed by atoms with Crippen molar-refractivity contribution in [3.63, 3.8) is 0 Å². The molecule has 88 valence electrons. The van der Waals surface area contributed by atoms with Crippen molar-refractivity contribution in [3.8, 4) is 0 Å². The van der Waals surface area contributed by atoms with Gasteiger partial charge in [0, 0.05) is 30.3 Å². The van der Waals surface area contributed by atoms with Gasteiger partial charge in [0.25, 0.3) is 0 Å². The molecule has 1 aromatic heterocycles. The quantitative estimate of drug-likeness (QED) is 0.796. The second-order valence-corrected chi connectivity index (χ2v) is 5.17. The number of halogens is 1. The number of aromatic nitrogens is 2. The zero-order chi connectivity index (χ0) is 11.4. The van der Waals surface area contributed by atoms with Gasteiger partial charge in [-0.1, -0.05) is 15.9 Å². The number of hydrogen-bond donors (Lipinski definition) is 0. The van der Waals surface area contributed by atoms with Crippen molar-refractivity contribution in [2.75, 3.05) is 16.8 Å². The molecule has 0 aromatic carbocycles. The van der Waals surface area contributed by atoms with E-state index in [-0.39, 0.29) is 0 Å². The minimum atomic E-state index is 0.639. The number of anilines is 1. The first kappa shape index (κ1) is 11.8. The molecule has 1 fully saturated rings. The highest BCUT2D eigenvalue weighted by Crippen LogP contribution is 2.25. The molecule has 1 aliphatic rings. The smallest absolute Gasteiger partial charge is 0.225 e. The van der Waals surface area contributed by atoms with Gasteiger partial charge in [-0.25, -0.2) is 9.97 Å². The van der Waals surface area contributed by atoms with E-state index in [1.165, 1.54) is 25.7 Å². The Labute approximate surface area is 105 Å². The Morgan fingerprint density at radius 1 is 1.44 bits per heavy atom. The van der Waals surface area contributed by atoms with E-state index in [1.54, 1.807) is 0 Å². The fraction of sp³-hybridized carbons (Fsp3) is 0.667. The standard InChI is InChI=1S/C12H18BrN3/c1-10-8-14-12(15-9-10)16-7-3-5-11(16)4-2-6-13/h8-9,11H,2-7H2,1H3. The third kappa shape index (κ3) is 2.73. The zero-order valence-corrected chi connectivity index (χ0v) is 11.3. The first-order valence-electron chi connectivity index (χ1n) is 5.92. The van der Waals surface area contributed by atoms with E-state index in [1.807, 2.05) is 19.3 Å². The van der Waals surface area contributed by atoms with Crippen LogP contribution in [0.3, 0.4) is 0 Å². The van der Waals surface area contributed by atoms with Gasteiger partial charge in [-0.05, 0) is 38.2 Å². The summed E-state index contributed by atoms with van der Waals surface area (Å²) in [5, 5.41) is 1.09. The summed E-state index contributed by atoms with van der Waals surface area (Å²) in [6, 6.07) is 0.639. The minimum absolute atomic E-state index is 0.639. The topological polar surface area (TPSA) is 29.0 Å². The SMILES string of the molecule is Cc1cnc(N2CCCC2CCCBr)nc1. The molecule has 1 aromatic rings. The van der Waals surface area contributed by atoms with Crippen molar-refractivity contribution in [3.05, 3.63) is 18.0 Å². The van der Waals surface area contributed by atoms with Crippen molar-refractivity contribution in [2.45, 2.75) is 38.6 Å². The highest BCUT2D eigenvalue weighted by molar-refractivity contribution is 9.09. The molecule has 1 atom stereocenters. The molecule has 0 saturated carbocycles. The summed E-state index contributed by atoms with van der Waals surface area (Å²) in [5.74, 6) is 0.905. The van der Waals surface area contributed by atoms with E-state index in [0.717, 1.165) is 23.4 Å². The maximum Gasteiger partial charge on any atom is 0.225 e. The number of alkyl halides is 1. The summed E-state index contributed by atoms with van der Waals surface area (Å²) >= 11 is 3.49. The van der Waals surface area contributed by atoms with Gasteiger partial charge in [0.1, 0.15) is 0 Å². The Morgan fingerprint density at radius 2 is 2.19 bits per heavy atom. The van der Waals surface area contributed by atoms with E-state index in [9.17, 15) is 0 Å². The molecule has 0 aliphatic carbocycles. The molecule has 0 amide bonds. The van der Waals surface area contributed by atoms with Gasteiger partial charge in [0.15, 0.2) is 0 Å². The summed E-state index contributed by atoms with van der Waals surface area (Å²) in [4.78, 5) is 11.2. The molecule has 2 heterocycles. The normalized spacial score (nSPS) is 20.4. The van der Waals surface area contributed by atoms with E-state index in [2.05, 4.69) is 30.8 Å². The monoisotopic (exact) mass is 283 g/mol. The molecule has 0 bridgehead atoms. The zero-order valence-electron chi connectivity index (χ0n) is 9.69. The average molecular weight is 284 g/mol. The van der Waals surface area contributed by atoms with Gasteiger partial charge in [-0.15, -0.1) is 0 Å². The highest BCUT2D eigenvalue weighted by atomic mass is 79.9. The van der Waals surface area contributed by atoms with Crippen LogP contribution in [0.15, 0.2) is 12.4 Å². The van der Waals surface area contributed by atoms with Crippen molar-refractivity contribution < 1.29 is 0 Å². The van der Waals surface area contributed by atoms with E-state index in [4.69, 9.17) is 0 Å². The third-order valence-corrected chi connectivity index (χ3v) is 3.63. The van der Waals surface area contributed by atoms with Crippen LogP contribution in [0.1, 0.15) is 31.2 Å². The van der Waals surface area contributed by atoms with Crippen LogP contribution in [0.2, 0.25) is 0 Å². The van der Waals surface area contributed by atoms with Gasteiger partial charge in [0.05, 0.1) is 0 Å². The van der Waals surface area contributed by atoms with Crippen molar-refractivity contribution in [2.24, 2.45) is 0 Å². The summed E-state index contributed by atoms with van der Waals surface area (Å²) < 4.78 is 0. The maximum atomic E-state index is 4.42. The van der Waals surface area contributed by atoms with Gasteiger partial charge in [-0.2, -0.15) is 0 Å². The molecule has 16 heavy (non-hydrogen) atoms. The summed E-state index contributed by atoms with van der Waals surface area (Å²) in [6.45, 7) is 3.13. The molecule has 3 nitrogen and oxygen atoms in total. The molecule has 1 saturated heterocycles. The van der Waals surface area contributed by atoms with Crippen molar-refractivity contribution in [1.82, 2.24) is 9.97 Å². The summed E-state index contributed by atoms with van der Waals surface area (Å²) in [6.07, 6.45) is 8.83. The van der Waals surface area contributed by atoms with Crippen LogP contribution in [-0.4, -0.2) is 27.9 Å². The molecule has 4 heteroatoms. The van der Waals surface area contributed by atoms with Gasteiger partial charge in [-0.3, -0.25) is 0 Å². The Balaban J connectivity index is 2.04. The first-order valence-corrected chi connectivity index (χ1v) is 7.04. The largest absolute Gasteiger partial charge is 0.338 e. The lowest BCUT2D eigenvalue weighted by molar-refractivity contribution is 0.595. The number of rotatable bonds is 4. The first-order chi connectivity index (χ1) is 7.81. The second kappa shape index (κ2) is 5.62. The highest BCUT2D eigenvalue weighted by Gasteiger charge is 2.25. The second-order valence-electron chi connectivity index (χ2n) is 4.38. The van der Waals surface area contributed by atoms with Crippen LogP contribution in [0.25, 0.3) is 0 Å². The van der Waals surface area contributed by atoms with Crippen molar-refractivity contribution in [1.29, 1.82) is 0 Å². The lowest BCUT2D eigenvalue weighted by Crippen LogP contribution is -2.30. The molecule has 0 N–H and O–H groups in total. The lowest BCUT2D eigenvalue weighted by Gasteiger charge is -2.24. The van der Waals surface area contributed by atoms with Crippen LogP contribution in [0, 0.1) is 6.92 Å². The Hall–Kier alpha value is -0.640. The van der Waals surface area contributed by atoms with Crippen LogP contribution < -0.4 is 4.90 Å². The number of nitrogens with zero attached hydrogens (tertiary/aromatic N) is 3. The van der Waals surface area contributed by atoms with Crippen LogP contribution >= 0.6 is 15.9 Å². The van der Waals surface area contributed by atoms with E-state index < -0.39 is 0 Å². The van der Waals surface area contributed by atoms with Gasteiger partial charge < -0.3 is 4.90 Å². The molecule has 0 spiro atoms. The molecular formula is C12H18BrN3. The third-order valence-electron chi connectivity index (χ3n) is 3.07. The van der Waals surface area contributed by atoms with Gasteiger partial charge >= 0.3 is 0 Å². The molecule has 2 rings (SSSR count). The van der Waals surface area contributed by atoms with Crippen LogP contribution in [-0.2, 0) is 0 Å². The molecule has 0 radical (unpaired) electrons. The van der Waals surface area contributed by atoms with E-state index in [0.29, 0.717) is 6.04 Å². The fourth-order valence-electron chi connectivity index (χ4n) is 2.25. The number of aryl methyl sites for hydroxylation is 1. The maximum absolute atomic E-state index is 4.42. The number of hydrogen-bond acceptors (Lipinski definition) is 3. The Kier molecular flexibility index (Phi) is 4.16. The average Bonchev–Trinajstić information content (AvgIpc) is 2.75. The molecular weight excluding hydrogens is 266 g/mol. The predicted octanol–water partition coefficient (Wildman–Crippen LogP) is 2.93. The summed E-state index contributed by atoms with van der Waals surface area (Å²) in [7, 11) is 0. The van der Waals surface area contributed by atoms with Crippen LogP contribution in [0.5, 0.6) is 0 Å². The molecule has 1 unspecified atom stereocenters. The molecule has 1 aliphatic heterocycles. The summed E-state index contributed by atoms with van der Waals surface area (Å²) in [5.41, 5.74) is 1.12. The minimum Gasteiger partial charge on any atom is -0.338 e.